The van der Waals surface area contributed by atoms with E-state index in [-0.39, 0.29) is 12.4 Å². The Balaban J connectivity index is 0.00000112. The number of nitrogens with zero attached hydrogens (tertiary/aromatic N) is 1. The molecule has 0 radical (unpaired) electrons. The molecule has 0 aromatic carbocycles. The van der Waals surface area contributed by atoms with E-state index in [1.54, 1.807) is 6.26 Å². The van der Waals surface area contributed by atoms with Crippen LogP contribution in [0.2, 0.25) is 0 Å². The normalized spacial score (nSPS) is 22.0. The van der Waals surface area contributed by atoms with Crippen LogP contribution in [-0.2, 0) is 4.74 Å². The second-order valence-corrected chi connectivity index (χ2v) is 3.94. The lowest BCUT2D eigenvalue weighted by molar-refractivity contribution is 0.405. The second-order valence-electron chi connectivity index (χ2n) is 3.94. The van der Waals surface area contributed by atoms with Gasteiger partial charge < -0.3 is 4.74 Å². The summed E-state index contributed by atoms with van der Waals surface area (Å²) in [7, 11) is 0. The first-order chi connectivity index (χ1) is 6.97. The van der Waals surface area contributed by atoms with Crippen LogP contribution >= 0.6 is 12.4 Å². The fraction of sp³-hybridized carbons (Fsp3) is 0.583. The van der Waals surface area contributed by atoms with E-state index in [4.69, 9.17) is 4.74 Å². The molecule has 2 rings (SSSR count). The third kappa shape index (κ3) is 3.71. The van der Waals surface area contributed by atoms with E-state index in [1.807, 2.05) is 18.4 Å². The van der Waals surface area contributed by atoms with Crippen molar-refractivity contribution in [2.24, 2.45) is 10.9 Å². The first kappa shape index (κ1) is 12.3. The van der Waals surface area contributed by atoms with Crippen LogP contribution in [0.1, 0.15) is 38.5 Å². The maximum Gasteiger partial charge on any atom is 0.196 e. The summed E-state index contributed by atoms with van der Waals surface area (Å²) in [5, 5.41) is 0. The Morgan fingerprint density at radius 1 is 1.07 bits per heavy atom. The van der Waals surface area contributed by atoms with Gasteiger partial charge in [-0.25, -0.2) is 4.99 Å². The fourth-order valence-electron chi connectivity index (χ4n) is 2.08. The van der Waals surface area contributed by atoms with Crippen molar-refractivity contribution < 1.29 is 4.74 Å². The molecule has 0 spiro atoms. The summed E-state index contributed by atoms with van der Waals surface area (Å²) < 4.78 is 5.50. The van der Waals surface area contributed by atoms with Crippen LogP contribution in [0.5, 0.6) is 0 Å². The molecular weight excluding hydrogens is 210 g/mol. The van der Waals surface area contributed by atoms with Crippen LogP contribution in [0, 0.1) is 5.92 Å². The minimum absolute atomic E-state index is 0. The van der Waals surface area contributed by atoms with Crippen molar-refractivity contribution in [3.8, 4) is 0 Å². The number of hydrogen-bond donors (Lipinski definition) is 0. The third-order valence-corrected chi connectivity index (χ3v) is 2.87. The number of halogens is 1. The summed E-state index contributed by atoms with van der Waals surface area (Å²) in [6, 6.07) is 0. The Labute approximate surface area is 97.5 Å². The van der Waals surface area contributed by atoms with Gasteiger partial charge in [0.2, 0.25) is 0 Å². The van der Waals surface area contributed by atoms with Crippen molar-refractivity contribution in [2.75, 3.05) is 0 Å². The highest BCUT2D eigenvalue weighted by Crippen LogP contribution is 2.25. The average Bonchev–Trinajstić information content (AvgIpc) is 2.62. The number of ether oxygens (including phenoxy) is 1. The number of allylic oxidation sites excluding steroid dienone is 2. The first-order valence-electron chi connectivity index (χ1n) is 5.53. The lowest BCUT2D eigenvalue weighted by atomic mass is 10.0. The van der Waals surface area contributed by atoms with Gasteiger partial charge in [-0.2, -0.15) is 0 Å². The van der Waals surface area contributed by atoms with Gasteiger partial charge >= 0.3 is 0 Å². The first-order valence-corrected chi connectivity index (χ1v) is 5.53. The molecule has 2 aliphatic rings. The van der Waals surface area contributed by atoms with Gasteiger partial charge in [0, 0.05) is 12.1 Å². The Morgan fingerprint density at radius 3 is 2.53 bits per heavy atom. The van der Waals surface area contributed by atoms with Crippen molar-refractivity contribution in [1.82, 2.24) is 0 Å². The summed E-state index contributed by atoms with van der Waals surface area (Å²) in [6.07, 6.45) is 15.2. The van der Waals surface area contributed by atoms with E-state index in [0.717, 1.165) is 5.90 Å². The Bertz CT molecular complexity index is 263. The van der Waals surface area contributed by atoms with Gasteiger partial charge in [0.1, 0.15) is 0 Å². The number of hydrogen-bond acceptors (Lipinski definition) is 2. The SMILES string of the molecule is C1=CN=C(C2CCCCCC2)OC=C1.Cl. The van der Waals surface area contributed by atoms with Gasteiger partial charge in [-0.15, -0.1) is 12.4 Å². The Morgan fingerprint density at radius 2 is 1.80 bits per heavy atom. The van der Waals surface area contributed by atoms with Crippen LogP contribution in [0.25, 0.3) is 0 Å². The predicted octanol–water partition coefficient (Wildman–Crippen LogP) is 3.83. The zero-order chi connectivity index (χ0) is 9.64. The van der Waals surface area contributed by atoms with E-state index in [2.05, 4.69) is 4.99 Å². The standard InChI is InChI=1S/C12H17NO.ClH/c1-2-4-8-11(7-3-1)12-13-9-5-6-10-14-12;/h5-6,9-11H,1-4,7-8H2;1H. The largest absolute Gasteiger partial charge is 0.450 e. The molecule has 0 saturated heterocycles. The smallest absolute Gasteiger partial charge is 0.196 e. The fourth-order valence-corrected chi connectivity index (χ4v) is 2.08. The number of rotatable bonds is 1. The molecule has 1 fully saturated rings. The molecule has 0 amide bonds. The molecule has 1 saturated carbocycles. The van der Waals surface area contributed by atoms with Gasteiger partial charge in [-0.1, -0.05) is 25.7 Å². The molecule has 1 heterocycles. The molecule has 3 heteroatoms. The molecule has 0 aromatic rings. The lowest BCUT2D eigenvalue weighted by Gasteiger charge is -2.14. The highest BCUT2D eigenvalue weighted by atomic mass is 35.5. The molecule has 0 unspecified atom stereocenters. The van der Waals surface area contributed by atoms with Crippen LogP contribution in [-0.4, -0.2) is 5.90 Å². The zero-order valence-electron chi connectivity index (χ0n) is 8.89. The van der Waals surface area contributed by atoms with E-state index >= 15 is 0 Å². The van der Waals surface area contributed by atoms with Crippen molar-refractivity contribution in [3.05, 3.63) is 24.6 Å². The Hall–Kier alpha value is -0.760. The van der Waals surface area contributed by atoms with Crippen LogP contribution in [0.3, 0.4) is 0 Å². The van der Waals surface area contributed by atoms with Crippen LogP contribution < -0.4 is 0 Å². The maximum atomic E-state index is 5.50. The molecule has 0 atom stereocenters. The van der Waals surface area contributed by atoms with E-state index in [9.17, 15) is 0 Å². The molecule has 15 heavy (non-hydrogen) atoms. The molecule has 1 aliphatic carbocycles. The summed E-state index contributed by atoms with van der Waals surface area (Å²) in [4.78, 5) is 4.34. The summed E-state index contributed by atoms with van der Waals surface area (Å²) in [5.41, 5.74) is 0. The lowest BCUT2D eigenvalue weighted by Crippen LogP contribution is -2.14. The molecule has 0 aromatic heterocycles. The summed E-state index contributed by atoms with van der Waals surface area (Å²) in [6.45, 7) is 0. The van der Waals surface area contributed by atoms with Crippen molar-refractivity contribution in [1.29, 1.82) is 0 Å². The van der Waals surface area contributed by atoms with Crippen molar-refractivity contribution >= 4 is 18.3 Å². The van der Waals surface area contributed by atoms with Crippen molar-refractivity contribution in [3.63, 3.8) is 0 Å². The highest BCUT2D eigenvalue weighted by molar-refractivity contribution is 5.85. The minimum Gasteiger partial charge on any atom is -0.450 e. The molecule has 2 nitrogen and oxygen atoms in total. The van der Waals surface area contributed by atoms with E-state index < -0.39 is 0 Å². The molecule has 84 valence electrons. The van der Waals surface area contributed by atoms with Gasteiger partial charge in [0.25, 0.3) is 0 Å². The Kier molecular flexibility index (Phi) is 5.48. The second kappa shape index (κ2) is 6.67. The van der Waals surface area contributed by atoms with E-state index in [1.165, 1.54) is 38.5 Å². The minimum atomic E-state index is 0. The number of aliphatic imine (C=N–C) groups is 1. The molecule has 0 bridgehead atoms. The third-order valence-electron chi connectivity index (χ3n) is 2.87. The molecule has 1 aliphatic heterocycles. The van der Waals surface area contributed by atoms with Crippen LogP contribution in [0.4, 0.5) is 0 Å². The van der Waals surface area contributed by atoms with Gasteiger partial charge in [-0.3, -0.25) is 0 Å². The zero-order valence-corrected chi connectivity index (χ0v) is 9.71. The maximum absolute atomic E-state index is 5.50. The monoisotopic (exact) mass is 227 g/mol. The van der Waals surface area contributed by atoms with Gasteiger partial charge in [0.15, 0.2) is 5.90 Å². The predicted molar refractivity (Wildman–Crippen MR) is 65.2 cm³/mol. The van der Waals surface area contributed by atoms with Crippen molar-refractivity contribution in [2.45, 2.75) is 38.5 Å². The quantitative estimate of drug-likeness (QED) is 0.624. The summed E-state index contributed by atoms with van der Waals surface area (Å²) >= 11 is 0. The molecule has 0 N–H and O–H groups in total. The van der Waals surface area contributed by atoms with E-state index in [0.29, 0.717) is 5.92 Å². The van der Waals surface area contributed by atoms with Crippen LogP contribution in [0.15, 0.2) is 29.6 Å². The molecular formula is C12H18ClNO. The average molecular weight is 228 g/mol. The van der Waals surface area contributed by atoms with Gasteiger partial charge in [-0.05, 0) is 25.0 Å². The topological polar surface area (TPSA) is 21.6 Å². The van der Waals surface area contributed by atoms with Gasteiger partial charge in [0.05, 0.1) is 6.26 Å². The highest BCUT2D eigenvalue weighted by Gasteiger charge is 2.19. The summed E-state index contributed by atoms with van der Waals surface area (Å²) in [5.74, 6) is 1.46.